The highest BCUT2D eigenvalue weighted by molar-refractivity contribution is 9.10. The van der Waals surface area contributed by atoms with E-state index in [0.717, 1.165) is 34.5 Å². The molecule has 1 N–H and O–H groups in total. The average Bonchev–Trinajstić information content (AvgIpc) is 3.02. The molecule has 21 heavy (non-hydrogen) atoms. The molecule has 0 aliphatic carbocycles. The molecule has 0 fully saturated rings. The molecule has 1 aromatic heterocycles. The summed E-state index contributed by atoms with van der Waals surface area (Å²) in [7, 11) is 3.37. The third-order valence-electron chi connectivity index (χ3n) is 3.24. The van der Waals surface area contributed by atoms with Crippen molar-refractivity contribution < 1.29 is 9.47 Å². The van der Waals surface area contributed by atoms with Crippen molar-refractivity contribution in [3.05, 3.63) is 44.6 Å². The van der Waals surface area contributed by atoms with E-state index in [0.29, 0.717) is 0 Å². The molecule has 2 rings (SSSR count). The van der Waals surface area contributed by atoms with E-state index in [1.54, 1.807) is 25.6 Å². The summed E-state index contributed by atoms with van der Waals surface area (Å²) in [5.41, 5.74) is 1.09. The van der Waals surface area contributed by atoms with Crippen LogP contribution in [0.2, 0.25) is 0 Å². The Hall–Kier alpha value is -1.04. The van der Waals surface area contributed by atoms with E-state index in [1.165, 1.54) is 4.88 Å². The van der Waals surface area contributed by atoms with Crippen molar-refractivity contribution in [2.75, 3.05) is 20.8 Å². The Bertz CT molecular complexity index is 572. The zero-order valence-corrected chi connectivity index (χ0v) is 14.9. The molecular weight excluding hydrogens is 350 g/mol. The Balaban J connectivity index is 2.47. The van der Waals surface area contributed by atoms with Gasteiger partial charge in [-0.3, -0.25) is 0 Å². The Morgan fingerprint density at radius 2 is 2.00 bits per heavy atom. The Labute approximate surface area is 138 Å². The number of methoxy groups -OCH3 is 2. The van der Waals surface area contributed by atoms with Crippen molar-refractivity contribution in [3.63, 3.8) is 0 Å². The van der Waals surface area contributed by atoms with Gasteiger partial charge in [0.05, 0.1) is 24.7 Å². The summed E-state index contributed by atoms with van der Waals surface area (Å²) < 4.78 is 11.9. The van der Waals surface area contributed by atoms with Gasteiger partial charge in [-0.2, -0.15) is 0 Å². The van der Waals surface area contributed by atoms with E-state index >= 15 is 0 Å². The quantitative estimate of drug-likeness (QED) is 0.772. The van der Waals surface area contributed by atoms with Crippen molar-refractivity contribution >= 4 is 27.3 Å². The lowest BCUT2D eigenvalue weighted by atomic mass is 10.0. The molecule has 114 valence electrons. The number of nitrogens with one attached hydrogen (secondary N) is 1. The summed E-state index contributed by atoms with van der Waals surface area (Å²) in [6.45, 7) is 3.11. The van der Waals surface area contributed by atoms with Crippen LogP contribution in [0.25, 0.3) is 0 Å². The molecule has 0 spiro atoms. The van der Waals surface area contributed by atoms with Gasteiger partial charge >= 0.3 is 0 Å². The fraction of sp³-hybridized carbons (Fsp3) is 0.375. The molecule has 0 amide bonds. The molecule has 0 saturated carbocycles. The molecule has 0 aliphatic heterocycles. The monoisotopic (exact) mass is 369 g/mol. The fourth-order valence-electron chi connectivity index (χ4n) is 2.22. The van der Waals surface area contributed by atoms with Crippen LogP contribution in [0.15, 0.2) is 34.1 Å². The number of hydrogen-bond donors (Lipinski definition) is 1. The lowest BCUT2D eigenvalue weighted by Gasteiger charge is -2.21. The topological polar surface area (TPSA) is 30.5 Å². The number of rotatable bonds is 7. The number of thiophene rings is 1. The van der Waals surface area contributed by atoms with E-state index in [9.17, 15) is 0 Å². The summed E-state index contributed by atoms with van der Waals surface area (Å²) in [4.78, 5) is 1.27. The van der Waals surface area contributed by atoms with Gasteiger partial charge < -0.3 is 14.8 Å². The predicted molar refractivity (Wildman–Crippen MR) is 91.7 cm³/mol. The highest BCUT2D eigenvalue weighted by atomic mass is 79.9. The third kappa shape index (κ3) is 3.78. The molecule has 3 nitrogen and oxygen atoms in total. The second-order valence-electron chi connectivity index (χ2n) is 4.63. The zero-order valence-electron chi connectivity index (χ0n) is 12.5. The van der Waals surface area contributed by atoms with Crippen LogP contribution in [0.3, 0.4) is 0 Å². The van der Waals surface area contributed by atoms with Crippen LogP contribution in [0.4, 0.5) is 0 Å². The van der Waals surface area contributed by atoms with Gasteiger partial charge in [0.1, 0.15) is 11.5 Å². The van der Waals surface area contributed by atoms with Crippen LogP contribution in [0.1, 0.15) is 29.8 Å². The van der Waals surface area contributed by atoms with Crippen LogP contribution in [-0.4, -0.2) is 20.8 Å². The maximum atomic E-state index is 5.56. The van der Waals surface area contributed by atoms with Crippen LogP contribution in [-0.2, 0) is 0 Å². The summed E-state index contributed by atoms with van der Waals surface area (Å²) in [5.74, 6) is 1.66. The molecule has 0 radical (unpaired) electrons. The lowest BCUT2D eigenvalue weighted by Crippen LogP contribution is -2.23. The van der Waals surface area contributed by atoms with Gasteiger partial charge in [0.25, 0.3) is 0 Å². The maximum Gasteiger partial charge on any atom is 0.133 e. The van der Waals surface area contributed by atoms with Crippen molar-refractivity contribution in [2.24, 2.45) is 0 Å². The normalized spacial score (nSPS) is 12.2. The molecule has 2 aromatic rings. The molecule has 0 saturated heterocycles. The Kier molecular flexibility index (Phi) is 6.08. The van der Waals surface area contributed by atoms with E-state index < -0.39 is 0 Å². The minimum Gasteiger partial charge on any atom is -0.496 e. The molecule has 0 bridgehead atoms. The predicted octanol–water partition coefficient (Wildman–Crippen LogP) is 4.62. The summed E-state index contributed by atoms with van der Waals surface area (Å²) in [5, 5.41) is 5.69. The van der Waals surface area contributed by atoms with Gasteiger partial charge in [-0.25, -0.2) is 0 Å². The molecule has 1 unspecified atom stereocenters. The zero-order chi connectivity index (χ0) is 15.2. The molecular formula is C16H20BrNO2S. The molecule has 0 aliphatic rings. The largest absolute Gasteiger partial charge is 0.496 e. The number of benzene rings is 1. The number of ether oxygens (including phenoxy) is 2. The smallest absolute Gasteiger partial charge is 0.133 e. The van der Waals surface area contributed by atoms with E-state index in [4.69, 9.17) is 9.47 Å². The minimum atomic E-state index is 0.113. The number of halogens is 1. The standard InChI is InChI=1S/C16H20BrNO2S/c1-4-7-18-16(15-6-5-8-21-15)11-9-14(20-3)12(17)10-13(11)19-2/h5-6,8-10,16,18H,4,7H2,1-3H3. The molecule has 1 atom stereocenters. The van der Waals surface area contributed by atoms with Crippen LogP contribution >= 0.6 is 27.3 Å². The van der Waals surface area contributed by atoms with Gasteiger partial charge in [-0.1, -0.05) is 13.0 Å². The van der Waals surface area contributed by atoms with Gasteiger partial charge in [-0.05, 0) is 52.5 Å². The van der Waals surface area contributed by atoms with Crippen molar-refractivity contribution in [1.82, 2.24) is 5.32 Å². The van der Waals surface area contributed by atoms with Crippen LogP contribution in [0.5, 0.6) is 11.5 Å². The van der Waals surface area contributed by atoms with E-state index in [1.807, 2.05) is 12.1 Å². The first kappa shape index (κ1) is 16.3. The van der Waals surface area contributed by atoms with Crippen LogP contribution < -0.4 is 14.8 Å². The van der Waals surface area contributed by atoms with Gasteiger partial charge in [0, 0.05) is 10.4 Å². The Morgan fingerprint density at radius 3 is 2.57 bits per heavy atom. The third-order valence-corrected chi connectivity index (χ3v) is 4.80. The van der Waals surface area contributed by atoms with Crippen LogP contribution in [0, 0.1) is 0 Å². The lowest BCUT2D eigenvalue weighted by molar-refractivity contribution is 0.392. The highest BCUT2D eigenvalue weighted by Gasteiger charge is 2.21. The van der Waals surface area contributed by atoms with Crippen molar-refractivity contribution in [2.45, 2.75) is 19.4 Å². The highest BCUT2D eigenvalue weighted by Crippen LogP contribution is 2.39. The summed E-state index contributed by atoms with van der Waals surface area (Å²) in [6.07, 6.45) is 1.08. The first-order valence-electron chi connectivity index (χ1n) is 6.89. The maximum absolute atomic E-state index is 5.56. The van der Waals surface area contributed by atoms with Gasteiger partial charge in [-0.15, -0.1) is 11.3 Å². The first-order chi connectivity index (χ1) is 10.2. The molecule has 1 aromatic carbocycles. The average molecular weight is 370 g/mol. The van der Waals surface area contributed by atoms with Gasteiger partial charge in [0.2, 0.25) is 0 Å². The molecule has 1 heterocycles. The Morgan fingerprint density at radius 1 is 1.24 bits per heavy atom. The fourth-order valence-corrected chi connectivity index (χ4v) is 3.52. The second kappa shape index (κ2) is 7.82. The summed E-state index contributed by atoms with van der Waals surface area (Å²) >= 11 is 5.25. The number of hydrogen-bond acceptors (Lipinski definition) is 4. The van der Waals surface area contributed by atoms with Crippen molar-refractivity contribution in [3.8, 4) is 11.5 Å². The minimum absolute atomic E-state index is 0.113. The van der Waals surface area contributed by atoms with E-state index in [2.05, 4.69) is 45.7 Å². The van der Waals surface area contributed by atoms with Gasteiger partial charge in [0.15, 0.2) is 0 Å². The van der Waals surface area contributed by atoms with Crippen molar-refractivity contribution in [1.29, 1.82) is 0 Å². The summed E-state index contributed by atoms with van der Waals surface area (Å²) in [6, 6.07) is 8.33. The van der Waals surface area contributed by atoms with E-state index in [-0.39, 0.29) is 6.04 Å². The second-order valence-corrected chi connectivity index (χ2v) is 6.46. The SMILES string of the molecule is CCCNC(c1cccs1)c1cc(OC)c(Br)cc1OC. The molecule has 5 heteroatoms. The first-order valence-corrected chi connectivity index (χ1v) is 8.56.